The molecule has 0 saturated heterocycles. The maximum absolute atomic E-state index is 12.3. The molecule has 1 atom stereocenters. The Hall–Kier alpha value is -4.15. The zero-order chi connectivity index (χ0) is 23.3. The van der Waals surface area contributed by atoms with E-state index in [1.807, 2.05) is 16.8 Å². The van der Waals surface area contributed by atoms with E-state index in [2.05, 4.69) is 15.3 Å². The van der Waals surface area contributed by atoms with Crippen molar-refractivity contribution in [1.29, 1.82) is 0 Å². The monoisotopic (exact) mass is 440 g/mol. The molecule has 0 aliphatic rings. The predicted octanol–water partition coefficient (Wildman–Crippen LogP) is 1.28. The summed E-state index contributed by atoms with van der Waals surface area (Å²) in [4.78, 5) is 42.4. The molecule has 7 N–H and O–H groups in total. The zero-order valence-corrected chi connectivity index (χ0v) is 17.2. The van der Waals surface area contributed by atoms with Crippen molar-refractivity contribution in [1.82, 2.24) is 19.9 Å². The molecule has 0 radical (unpaired) electrons. The van der Waals surface area contributed by atoms with Crippen molar-refractivity contribution in [2.45, 2.75) is 38.3 Å². The van der Waals surface area contributed by atoms with E-state index in [9.17, 15) is 14.4 Å². The quantitative estimate of drug-likeness (QED) is 0.309. The number of hydrogen-bond donors (Lipinski definition) is 5. The van der Waals surface area contributed by atoms with Gasteiger partial charge in [0.15, 0.2) is 5.82 Å². The Labute approximate surface area is 183 Å². The molecule has 0 spiro atoms. The number of carboxylic acid groups (broad SMARTS) is 2. The van der Waals surface area contributed by atoms with Gasteiger partial charge in [-0.15, -0.1) is 0 Å². The molecule has 0 saturated carbocycles. The Morgan fingerprint density at radius 1 is 1.06 bits per heavy atom. The summed E-state index contributed by atoms with van der Waals surface area (Å²) in [6.07, 6.45) is 2.89. The van der Waals surface area contributed by atoms with E-state index in [1.165, 1.54) is 0 Å². The minimum absolute atomic E-state index is 0.133. The highest BCUT2D eigenvalue weighted by Crippen LogP contribution is 2.20. The van der Waals surface area contributed by atoms with Crippen molar-refractivity contribution >= 4 is 40.6 Å². The first-order valence-corrected chi connectivity index (χ1v) is 9.97. The fourth-order valence-electron chi connectivity index (χ4n) is 3.38. The largest absolute Gasteiger partial charge is 0.481 e. The second-order valence-corrected chi connectivity index (χ2v) is 7.31. The fourth-order valence-corrected chi connectivity index (χ4v) is 3.38. The van der Waals surface area contributed by atoms with E-state index in [0.29, 0.717) is 23.4 Å². The number of hydrogen-bond acceptors (Lipinski definition) is 7. The van der Waals surface area contributed by atoms with Crippen molar-refractivity contribution < 1.29 is 24.6 Å². The van der Waals surface area contributed by atoms with Gasteiger partial charge in [0.1, 0.15) is 11.6 Å². The van der Waals surface area contributed by atoms with Gasteiger partial charge in [-0.1, -0.05) is 12.1 Å². The molecule has 0 fully saturated rings. The summed E-state index contributed by atoms with van der Waals surface area (Å²) in [5.74, 6) is -2.50. The third-order valence-corrected chi connectivity index (χ3v) is 4.99. The molecule has 3 rings (SSSR count). The number of rotatable bonds is 10. The third kappa shape index (κ3) is 5.50. The lowest BCUT2D eigenvalue weighted by Gasteiger charge is -2.13. The van der Waals surface area contributed by atoms with Gasteiger partial charge >= 0.3 is 11.9 Å². The van der Waals surface area contributed by atoms with Crippen LogP contribution < -0.4 is 16.8 Å². The molecule has 0 bridgehead atoms. The number of aliphatic carboxylic acids is 2. The van der Waals surface area contributed by atoms with Crippen molar-refractivity contribution in [3.05, 3.63) is 47.7 Å². The molecule has 1 amide bonds. The number of benzene rings is 1. The number of aryl methyl sites for hydroxylation is 2. The normalized spacial score (nSPS) is 11.9. The standard InChI is InChI=1S/C21H24N6O5/c22-18-17-14(25-21(23)26-18)9-11-27(17)10-1-2-12-3-5-13(6-4-12)19(30)24-15(20(31)32)7-8-16(28)29/h3-6,9,11,15H,1-2,7-8,10H2,(H,24,30)(H,28,29)(H,31,32)(H4,22,23,25,26)/t15-/m1/s1. The Morgan fingerprint density at radius 2 is 1.78 bits per heavy atom. The van der Waals surface area contributed by atoms with Gasteiger partial charge in [0.2, 0.25) is 5.95 Å². The van der Waals surface area contributed by atoms with Crippen LogP contribution in [0.3, 0.4) is 0 Å². The van der Waals surface area contributed by atoms with E-state index < -0.39 is 23.9 Å². The number of anilines is 2. The Morgan fingerprint density at radius 3 is 2.44 bits per heavy atom. The number of nitrogens with two attached hydrogens (primary N) is 2. The molecular formula is C21H24N6O5. The molecule has 1 aromatic carbocycles. The average molecular weight is 440 g/mol. The van der Waals surface area contributed by atoms with Gasteiger partial charge in [0, 0.05) is 24.7 Å². The van der Waals surface area contributed by atoms with Crippen LogP contribution >= 0.6 is 0 Å². The van der Waals surface area contributed by atoms with E-state index >= 15 is 0 Å². The van der Waals surface area contributed by atoms with Gasteiger partial charge in [-0.2, -0.15) is 4.98 Å². The third-order valence-electron chi connectivity index (χ3n) is 4.99. The lowest BCUT2D eigenvalue weighted by molar-refractivity contribution is -0.140. The molecule has 2 aromatic heterocycles. The summed E-state index contributed by atoms with van der Waals surface area (Å²) in [7, 11) is 0. The Balaban J connectivity index is 1.56. The van der Waals surface area contributed by atoms with Crippen molar-refractivity contribution in [3.8, 4) is 0 Å². The molecule has 32 heavy (non-hydrogen) atoms. The second-order valence-electron chi connectivity index (χ2n) is 7.31. The van der Waals surface area contributed by atoms with Crippen LogP contribution in [0.15, 0.2) is 36.5 Å². The molecule has 0 unspecified atom stereocenters. The van der Waals surface area contributed by atoms with Crippen LogP contribution in [0.25, 0.3) is 11.0 Å². The highest BCUT2D eigenvalue weighted by atomic mass is 16.4. The predicted molar refractivity (Wildman–Crippen MR) is 117 cm³/mol. The first-order valence-electron chi connectivity index (χ1n) is 9.97. The van der Waals surface area contributed by atoms with Crippen LogP contribution in [-0.2, 0) is 22.6 Å². The molecule has 11 nitrogen and oxygen atoms in total. The summed E-state index contributed by atoms with van der Waals surface area (Å²) in [6.45, 7) is 0.688. The molecule has 0 aliphatic heterocycles. The summed E-state index contributed by atoms with van der Waals surface area (Å²) in [5, 5.41) is 20.2. The number of nitrogen functional groups attached to an aromatic ring is 2. The second kappa shape index (κ2) is 9.77. The molecule has 3 aromatic rings. The average Bonchev–Trinajstić information content (AvgIpc) is 3.14. The number of amides is 1. The topological polar surface area (TPSA) is 186 Å². The van der Waals surface area contributed by atoms with E-state index in [4.69, 9.17) is 21.7 Å². The molecule has 11 heteroatoms. The maximum Gasteiger partial charge on any atom is 0.326 e. The van der Waals surface area contributed by atoms with Crippen LogP contribution in [0.5, 0.6) is 0 Å². The van der Waals surface area contributed by atoms with Crippen molar-refractivity contribution in [2.75, 3.05) is 11.5 Å². The number of carbonyl (C=O) groups excluding carboxylic acids is 1. The number of fused-ring (bicyclic) bond motifs is 1. The maximum atomic E-state index is 12.3. The smallest absolute Gasteiger partial charge is 0.326 e. The number of nitrogens with zero attached hydrogens (tertiary/aromatic N) is 3. The Kier molecular flexibility index (Phi) is 6.88. The van der Waals surface area contributed by atoms with Crippen LogP contribution in [0, 0.1) is 0 Å². The van der Waals surface area contributed by atoms with Crippen LogP contribution in [0.1, 0.15) is 35.2 Å². The number of carboxylic acids is 2. The summed E-state index contributed by atoms with van der Waals surface area (Å²) in [5.41, 5.74) is 14.3. The van der Waals surface area contributed by atoms with E-state index in [1.54, 1.807) is 24.3 Å². The Bertz CT molecular complexity index is 1140. The molecule has 168 valence electrons. The lowest BCUT2D eigenvalue weighted by Crippen LogP contribution is -2.41. The van der Waals surface area contributed by atoms with Gasteiger partial charge in [-0.3, -0.25) is 9.59 Å². The van der Waals surface area contributed by atoms with Gasteiger partial charge in [0.05, 0.1) is 5.52 Å². The van der Waals surface area contributed by atoms with Gasteiger partial charge in [-0.25, -0.2) is 9.78 Å². The molecular weight excluding hydrogens is 416 g/mol. The first-order chi connectivity index (χ1) is 15.2. The SMILES string of the molecule is Nc1nc(N)c2c(ccn2CCCc2ccc(C(=O)N[C@H](CCC(=O)O)C(=O)O)cc2)n1. The molecule has 2 heterocycles. The first kappa shape index (κ1) is 22.5. The van der Waals surface area contributed by atoms with Gasteiger partial charge < -0.3 is 31.6 Å². The van der Waals surface area contributed by atoms with E-state index in [0.717, 1.165) is 23.9 Å². The van der Waals surface area contributed by atoms with Crippen LogP contribution in [0.4, 0.5) is 11.8 Å². The number of aromatic nitrogens is 3. The van der Waals surface area contributed by atoms with Crippen LogP contribution in [-0.4, -0.2) is 48.6 Å². The van der Waals surface area contributed by atoms with Crippen molar-refractivity contribution in [2.24, 2.45) is 0 Å². The van der Waals surface area contributed by atoms with E-state index in [-0.39, 0.29) is 18.8 Å². The lowest BCUT2D eigenvalue weighted by atomic mass is 10.1. The van der Waals surface area contributed by atoms with Gasteiger partial charge in [0.25, 0.3) is 5.91 Å². The fraction of sp³-hybridized carbons (Fsp3) is 0.286. The summed E-state index contributed by atoms with van der Waals surface area (Å²) >= 11 is 0. The summed E-state index contributed by atoms with van der Waals surface area (Å²) < 4.78 is 1.97. The van der Waals surface area contributed by atoms with Gasteiger partial charge in [-0.05, 0) is 43.0 Å². The summed E-state index contributed by atoms with van der Waals surface area (Å²) in [6, 6.07) is 7.39. The number of carbonyl (C=O) groups is 3. The minimum Gasteiger partial charge on any atom is -0.481 e. The highest BCUT2D eigenvalue weighted by molar-refractivity contribution is 5.96. The minimum atomic E-state index is -1.28. The highest BCUT2D eigenvalue weighted by Gasteiger charge is 2.21. The zero-order valence-electron chi connectivity index (χ0n) is 17.2. The van der Waals surface area contributed by atoms with Crippen molar-refractivity contribution in [3.63, 3.8) is 0 Å². The number of nitrogens with one attached hydrogen (secondary N) is 1. The van der Waals surface area contributed by atoms with Crippen LogP contribution in [0.2, 0.25) is 0 Å². The molecule has 0 aliphatic carbocycles.